The number of sulfonamides is 1. The van der Waals surface area contributed by atoms with Gasteiger partial charge >= 0.3 is 5.97 Å². The van der Waals surface area contributed by atoms with Gasteiger partial charge in [-0.1, -0.05) is 42.8 Å². The lowest BCUT2D eigenvalue weighted by Crippen LogP contribution is -2.40. The summed E-state index contributed by atoms with van der Waals surface area (Å²) < 4.78 is 37.5. The SMILES string of the molecule is CCc1ccc(C(=O)C(C)OC(=O)c2cc(S(=O)(=O)N3CCOCC3)ccc2Cl)cc1. The van der Waals surface area contributed by atoms with Gasteiger partial charge in [0, 0.05) is 18.7 Å². The Morgan fingerprint density at radius 3 is 2.39 bits per heavy atom. The Balaban J connectivity index is 1.77. The highest BCUT2D eigenvalue weighted by molar-refractivity contribution is 7.89. The largest absolute Gasteiger partial charge is 0.451 e. The van der Waals surface area contributed by atoms with E-state index in [1.165, 1.54) is 29.4 Å². The molecule has 1 fully saturated rings. The third-order valence-electron chi connectivity index (χ3n) is 5.07. The molecule has 0 aromatic heterocycles. The Morgan fingerprint density at radius 1 is 1.13 bits per heavy atom. The molecule has 9 heteroatoms. The Hall–Kier alpha value is -2.26. The molecule has 0 spiro atoms. The van der Waals surface area contributed by atoms with E-state index in [-0.39, 0.29) is 34.4 Å². The van der Waals surface area contributed by atoms with Crippen molar-refractivity contribution in [2.45, 2.75) is 31.3 Å². The number of ether oxygens (including phenoxy) is 2. The molecule has 7 nitrogen and oxygen atoms in total. The fraction of sp³-hybridized carbons (Fsp3) is 0.364. The van der Waals surface area contributed by atoms with Crippen molar-refractivity contribution in [3.8, 4) is 0 Å². The van der Waals surface area contributed by atoms with Crippen LogP contribution in [0.3, 0.4) is 0 Å². The number of carbonyl (C=O) groups is 2. The fourth-order valence-electron chi connectivity index (χ4n) is 3.17. The molecule has 0 amide bonds. The van der Waals surface area contributed by atoms with E-state index in [1.807, 2.05) is 19.1 Å². The van der Waals surface area contributed by atoms with Gasteiger partial charge in [0.05, 0.1) is 28.7 Å². The molecule has 1 aliphatic rings. The zero-order valence-corrected chi connectivity index (χ0v) is 18.9. The van der Waals surface area contributed by atoms with Crippen LogP contribution in [0.1, 0.15) is 40.1 Å². The molecule has 2 aromatic rings. The first kappa shape index (κ1) is 23.4. The number of halogens is 1. The second-order valence-corrected chi connectivity index (χ2v) is 9.47. The Labute approximate surface area is 187 Å². The molecule has 0 radical (unpaired) electrons. The second-order valence-electron chi connectivity index (χ2n) is 7.12. The number of carbonyl (C=O) groups excluding carboxylic acids is 2. The highest BCUT2D eigenvalue weighted by Gasteiger charge is 2.29. The van der Waals surface area contributed by atoms with Crippen LogP contribution in [0, 0.1) is 0 Å². The maximum Gasteiger partial charge on any atom is 0.340 e. The van der Waals surface area contributed by atoms with Gasteiger partial charge in [-0.15, -0.1) is 0 Å². The van der Waals surface area contributed by atoms with E-state index in [9.17, 15) is 18.0 Å². The van der Waals surface area contributed by atoms with Crippen molar-refractivity contribution < 1.29 is 27.5 Å². The topological polar surface area (TPSA) is 90.0 Å². The summed E-state index contributed by atoms with van der Waals surface area (Å²) in [5, 5.41) is 0.0397. The molecule has 2 aromatic carbocycles. The number of nitrogens with zero attached hydrogens (tertiary/aromatic N) is 1. The maximum atomic E-state index is 12.9. The molecule has 1 saturated heterocycles. The summed E-state index contributed by atoms with van der Waals surface area (Å²) in [6.45, 7) is 4.55. The standard InChI is InChI=1S/C22H24ClNO6S/c1-3-16-4-6-17(7-5-16)21(25)15(2)30-22(26)19-14-18(8-9-20(19)23)31(27,28)24-10-12-29-13-11-24/h4-9,14-15H,3,10-13H2,1-2H3. The summed E-state index contributed by atoms with van der Waals surface area (Å²) in [6.07, 6.45) is -0.211. The summed E-state index contributed by atoms with van der Waals surface area (Å²) >= 11 is 6.13. The maximum absolute atomic E-state index is 12.9. The lowest BCUT2D eigenvalue weighted by molar-refractivity contribution is 0.0318. The minimum atomic E-state index is -3.81. The summed E-state index contributed by atoms with van der Waals surface area (Å²) in [5.41, 5.74) is 1.40. The van der Waals surface area contributed by atoms with E-state index >= 15 is 0 Å². The predicted molar refractivity (Wildman–Crippen MR) is 116 cm³/mol. The van der Waals surface area contributed by atoms with Gasteiger partial charge in [-0.25, -0.2) is 13.2 Å². The Kier molecular flexibility index (Phi) is 7.48. The third-order valence-corrected chi connectivity index (χ3v) is 7.29. The van der Waals surface area contributed by atoms with Crippen LogP contribution >= 0.6 is 11.6 Å². The van der Waals surface area contributed by atoms with Crippen LogP contribution in [0.5, 0.6) is 0 Å². The summed E-state index contributed by atoms with van der Waals surface area (Å²) in [7, 11) is -3.81. The van der Waals surface area contributed by atoms with Crippen LogP contribution in [-0.2, 0) is 25.9 Å². The van der Waals surface area contributed by atoms with Crippen molar-refractivity contribution in [2.24, 2.45) is 0 Å². The van der Waals surface area contributed by atoms with Crippen LogP contribution in [0.4, 0.5) is 0 Å². The predicted octanol–water partition coefficient (Wildman–Crippen LogP) is 3.35. The van der Waals surface area contributed by atoms with Gasteiger partial charge in [0.1, 0.15) is 0 Å². The molecule has 0 N–H and O–H groups in total. The van der Waals surface area contributed by atoms with Crippen LogP contribution in [0.25, 0.3) is 0 Å². The zero-order valence-electron chi connectivity index (χ0n) is 17.3. The Bertz CT molecular complexity index is 1060. The van der Waals surface area contributed by atoms with Gasteiger partial charge < -0.3 is 9.47 Å². The van der Waals surface area contributed by atoms with Crippen molar-refractivity contribution in [1.29, 1.82) is 0 Å². The van der Waals surface area contributed by atoms with Gasteiger partial charge in [0.25, 0.3) is 0 Å². The van der Waals surface area contributed by atoms with Gasteiger partial charge in [-0.05, 0) is 37.1 Å². The number of aryl methyl sites for hydroxylation is 1. The van der Waals surface area contributed by atoms with Gasteiger partial charge in [0.15, 0.2) is 6.10 Å². The normalized spacial score (nSPS) is 16.0. The zero-order chi connectivity index (χ0) is 22.6. The van der Waals surface area contributed by atoms with E-state index in [4.69, 9.17) is 21.1 Å². The number of benzene rings is 2. The Morgan fingerprint density at radius 2 is 1.77 bits per heavy atom. The minimum absolute atomic E-state index is 0.0397. The average molecular weight is 466 g/mol. The molecule has 1 unspecified atom stereocenters. The van der Waals surface area contributed by atoms with Crippen LogP contribution in [-0.4, -0.2) is 56.9 Å². The molecule has 31 heavy (non-hydrogen) atoms. The molecular weight excluding hydrogens is 442 g/mol. The van der Waals surface area contributed by atoms with E-state index in [2.05, 4.69) is 0 Å². The molecule has 0 bridgehead atoms. The van der Waals surface area contributed by atoms with E-state index in [0.29, 0.717) is 18.8 Å². The monoisotopic (exact) mass is 465 g/mol. The first-order valence-electron chi connectivity index (χ1n) is 9.95. The number of ketones is 1. The molecule has 166 valence electrons. The van der Waals surface area contributed by atoms with Crippen LogP contribution < -0.4 is 0 Å². The fourth-order valence-corrected chi connectivity index (χ4v) is 4.80. The quantitative estimate of drug-likeness (QED) is 0.460. The van der Waals surface area contributed by atoms with Crippen molar-refractivity contribution in [1.82, 2.24) is 4.31 Å². The number of esters is 1. The van der Waals surface area contributed by atoms with Gasteiger partial charge in [-0.2, -0.15) is 4.31 Å². The average Bonchev–Trinajstić information content (AvgIpc) is 2.79. The number of hydrogen-bond donors (Lipinski definition) is 0. The first-order valence-corrected chi connectivity index (χ1v) is 11.8. The highest BCUT2D eigenvalue weighted by atomic mass is 35.5. The minimum Gasteiger partial charge on any atom is -0.451 e. The summed E-state index contributed by atoms with van der Waals surface area (Å²) in [5.74, 6) is -1.22. The first-order chi connectivity index (χ1) is 14.7. The second kappa shape index (κ2) is 9.91. The van der Waals surface area contributed by atoms with Gasteiger partial charge in [-0.3, -0.25) is 4.79 Å². The van der Waals surface area contributed by atoms with E-state index in [1.54, 1.807) is 12.1 Å². The highest BCUT2D eigenvalue weighted by Crippen LogP contribution is 2.25. The molecule has 0 aliphatic carbocycles. The number of hydrogen-bond acceptors (Lipinski definition) is 6. The number of Topliss-reactive ketones (excluding diaryl/α,β-unsaturated/α-hetero) is 1. The van der Waals surface area contributed by atoms with E-state index in [0.717, 1.165) is 12.0 Å². The van der Waals surface area contributed by atoms with Crippen molar-refractivity contribution in [3.05, 3.63) is 64.2 Å². The molecule has 3 rings (SSSR count). The lowest BCUT2D eigenvalue weighted by Gasteiger charge is -2.26. The van der Waals surface area contributed by atoms with Crippen LogP contribution in [0.2, 0.25) is 5.02 Å². The van der Waals surface area contributed by atoms with E-state index < -0.39 is 22.1 Å². The summed E-state index contributed by atoms with van der Waals surface area (Å²) in [4.78, 5) is 25.2. The smallest absolute Gasteiger partial charge is 0.340 e. The number of rotatable bonds is 7. The van der Waals surface area contributed by atoms with Crippen molar-refractivity contribution >= 4 is 33.4 Å². The molecule has 1 aliphatic heterocycles. The third kappa shape index (κ3) is 5.33. The summed E-state index contributed by atoms with van der Waals surface area (Å²) in [6, 6.07) is 10.9. The van der Waals surface area contributed by atoms with Crippen molar-refractivity contribution in [2.75, 3.05) is 26.3 Å². The molecule has 1 heterocycles. The molecular formula is C22H24ClNO6S. The van der Waals surface area contributed by atoms with Crippen molar-refractivity contribution in [3.63, 3.8) is 0 Å². The molecule has 1 atom stereocenters. The van der Waals surface area contributed by atoms with Crippen LogP contribution in [0.15, 0.2) is 47.4 Å². The van der Waals surface area contributed by atoms with Gasteiger partial charge in [0.2, 0.25) is 15.8 Å². The number of morpholine rings is 1. The lowest BCUT2D eigenvalue weighted by atomic mass is 10.0. The molecule has 0 saturated carbocycles.